The summed E-state index contributed by atoms with van der Waals surface area (Å²) in [6.45, 7) is 2.41. The van der Waals surface area contributed by atoms with Crippen molar-refractivity contribution < 1.29 is 9.18 Å². The molecule has 0 radical (unpaired) electrons. The van der Waals surface area contributed by atoms with Gasteiger partial charge in [-0.3, -0.25) is 4.79 Å². The smallest absolute Gasteiger partial charge is 0.279 e. The molecule has 1 heterocycles. The number of benzene rings is 2. The van der Waals surface area contributed by atoms with Crippen molar-refractivity contribution in [1.82, 2.24) is 4.57 Å². The van der Waals surface area contributed by atoms with Crippen LogP contribution in [-0.2, 0) is 13.0 Å². The molecular weight excluding hydrogens is 323 g/mol. The molecule has 0 aliphatic rings. The number of hydrogen-bond acceptors (Lipinski definition) is 2. The third-order valence-electron chi connectivity index (χ3n) is 3.67. The van der Waals surface area contributed by atoms with Gasteiger partial charge in [0.15, 0.2) is 4.80 Å². The highest BCUT2D eigenvalue weighted by atomic mass is 32.1. The molecule has 0 bridgehead atoms. The number of amides is 1. The predicted octanol–water partition coefficient (Wildman–Crippen LogP) is 3.78. The fourth-order valence-electron chi connectivity index (χ4n) is 2.44. The van der Waals surface area contributed by atoms with E-state index in [9.17, 15) is 9.18 Å². The molecule has 3 rings (SSSR count). The van der Waals surface area contributed by atoms with Gasteiger partial charge in [-0.1, -0.05) is 36.3 Å². The molecule has 1 aromatic heterocycles. The Balaban J connectivity index is 2.15. The standard InChI is InChI=1S/C19H15FN2OS/c1-3-10-22-16-9-8-13(4-2)11-17(16)24-19(22)21-18(23)14-6-5-7-15(20)12-14/h1,5-9,11-12H,4,10H2,2H3. The second-order valence-corrected chi connectivity index (χ2v) is 6.27. The molecule has 0 aliphatic carbocycles. The first-order chi connectivity index (χ1) is 11.6. The molecule has 1 amide bonds. The average molecular weight is 338 g/mol. The van der Waals surface area contributed by atoms with E-state index in [2.05, 4.69) is 23.9 Å². The van der Waals surface area contributed by atoms with Crippen LogP contribution >= 0.6 is 11.3 Å². The zero-order valence-corrected chi connectivity index (χ0v) is 13.9. The molecule has 3 aromatic rings. The van der Waals surface area contributed by atoms with Crippen LogP contribution in [0.4, 0.5) is 4.39 Å². The minimum atomic E-state index is -0.484. The summed E-state index contributed by atoms with van der Waals surface area (Å²) in [6, 6.07) is 11.6. The number of halogens is 1. The van der Waals surface area contributed by atoms with E-state index in [1.54, 1.807) is 6.07 Å². The molecule has 0 spiro atoms. The number of nitrogens with zero attached hydrogens (tertiary/aromatic N) is 2. The van der Waals surface area contributed by atoms with E-state index in [0.29, 0.717) is 11.3 Å². The van der Waals surface area contributed by atoms with Gasteiger partial charge in [-0.25, -0.2) is 4.39 Å². The van der Waals surface area contributed by atoms with Crippen molar-refractivity contribution in [2.45, 2.75) is 19.9 Å². The third kappa shape index (κ3) is 3.15. The van der Waals surface area contributed by atoms with Crippen molar-refractivity contribution in [2.75, 3.05) is 0 Å². The molecule has 24 heavy (non-hydrogen) atoms. The van der Waals surface area contributed by atoms with Gasteiger partial charge in [0.25, 0.3) is 5.91 Å². The summed E-state index contributed by atoms with van der Waals surface area (Å²) < 4.78 is 16.1. The lowest BCUT2D eigenvalue weighted by Gasteiger charge is -2.01. The van der Waals surface area contributed by atoms with E-state index in [4.69, 9.17) is 6.42 Å². The van der Waals surface area contributed by atoms with E-state index >= 15 is 0 Å². The quantitative estimate of drug-likeness (QED) is 0.669. The summed E-state index contributed by atoms with van der Waals surface area (Å²) in [6.07, 6.45) is 6.38. The van der Waals surface area contributed by atoms with Crippen LogP contribution < -0.4 is 4.80 Å². The zero-order chi connectivity index (χ0) is 17.1. The Kier molecular flexibility index (Phi) is 4.59. The summed E-state index contributed by atoms with van der Waals surface area (Å²) in [5, 5.41) is 0. The Morgan fingerprint density at radius 1 is 1.33 bits per heavy atom. The van der Waals surface area contributed by atoms with Crippen molar-refractivity contribution in [1.29, 1.82) is 0 Å². The Morgan fingerprint density at radius 3 is 2.88 bits per heavy atom. The molecule has 0 N–H and O–H groups in total. The van der Waals surface area contributed by atoms with Gasteiger partial charge in [0, 0.05) is 5.56 Å². The molecule has 0 fully saturated rings. The topological polar surface area (TPSA) is 34.4 Å². The van der Waals surface area contributed by atoms with Gasteiger partial charge < -0.3 is 4.57 Å². The van der Waals surface area contributed by atoms with Gasteiger partial charge in [0.05, 0.1) is 16.8 Å². The van der Waals surface area contributed by atoms with Gasteiger partial charge in [-0.15, -0.1) is 6.42 Å². The maximum absolute atomic E-state index is 13.3. The van der Waals surface area contributed by atoms with Crippen LogP contribution in [0.5, 0.6) is 0 Å². The Morgan fingerprint density at radius 2 is 2.17 bits per heavy atom. The number of carbonyl (C=O) groups is 1. The fourth-order valence-corrected chi connectivity index (χ4v) is 3.53. The van der Waals surface area contributed by atoms with Crippen molar-refractivity contribution in [3.8, 4) is 12.3 Å². The summed E-state index contributed by atoms with van der Waals surface area (Å²) in [5.41, 5.74) is 2.37. The van der Waals surface area contributed by atoms with Crippen molar-refractivity contribution in [3.05, 3.63) is 64.2 Å². The third-order valence-corrected chi connectivity index (χ3v) is 4.71. The molecule has 0 saturated carbocycles. The van der Waals surface area contributed by atoms with Crippen LogP contribution in [0.2, 0.25) is 0 Å². The zero-order valence-electron chi connectivity index (χ0n) is 13.1. The first kappa shape index (κ1) is 16.2. The second kappa shape index (κ2) is 6.81. The lowest BCUT2D eigenvalue weighted by Crippen LogP contribution is -2.16. The van der Waals surface area contributed by atoms with Crippen molar-refractivity contribution in [3.63, 3.8) is 0 Å². The minimum absolute atomic E-state index is 0.217. The number of terminal acetylenes is 1. The van der Waals surface area contributed by atoms with Gasteiger partial charge in [0.2, 0.25) is 0 Å². The van der Waals surface area contributed by atoms with Gasteiger partial charge >= 0.3 is 0 Å². The maximum atomic E-state index is 13.3. The first-order valence-electron chi connectivity index (χ1n) is 7.52. The Labute approximate surface area is 143 Å². The largest absolute Gasteiger partial charge is 0.305 e. The number of aromatic nitrogens is 1. The number of hydrogen-bond donors (Lipinski definition) is 0. The van der Waals surface area contributed by atoms with E-state index in [1.165, 1.54) is 35.1 Å². The molecule has 120 valence electrons. The molecule has 0 atom stereocenters. The molecule has 0 aliphatic heterocycles. The number of thiazole rings is 1. The Hall–Kier alpha value is -2.71. The second-order valence-electron chi connectivity index (χ2n) is 5.26. The molecule has 3 nitrogen and oxygen atoms in total. The lowest BCUT2D eigenvalue weighted by atomic mass is 10.2. The summed E-state index contributed by atoms with van der Waals surface area (Å²) >= 11 is 1.41. The molecule has 0 unspecified atom stereocenters. The normalized spacial score (nSPS) is 11.6. The molecule has 2 aromatic carbocycles. The van der Waals surface area contributed by atoms with E-state index < -0.39 is 11.7 Å². The van der Waals surface area contributed by atoms with E-state index in [1.807, 2.05) is 16.7 Å². The van der Waals surface area contributed by atoms with E-state index in [-0.39, 0.29) is 5.56 Å². The van der Waals surface area contributed by atoms with E-state index in [0.717, 1.165) is 16.6 Å². The van der Waals surface area contributed by atoms with Gasteiger partial charge in [-0.2, -0.15) is 4.99 Å². The molecule has 5 heteroatoms. The maximum Gasteiger partial charge on any atom is 0.279 e. The summed E-state index contributed by atoms with van der Waals surface area (Å²) in [4.78, 5) is 17.0. The van der Waals surface area contributed by atoms with Crippen LogP contribution in [0, 0.1) is 18.2 Å². The summed E-state index contributed by atoms with van der Waals surface area (Å²) in [7, 11) is 0. The highest BCUT2D eigenvalue weighted by Crippen LogP contribution is 2.19. The number of carbonyl (C=O) groups excluding carboxylic acids is 1. The van der Waals surface area contributed by atoms with Crippen molar-refractivity contribution >= 4 is 27.5 Å². The van der Waals surface area contributed by atoms with Gasteiger partial charge in [0.1, 0.15) is 5.82 Å². The SMILES string of the molecule is C#CCn1c(=NC(=O)c2cccc(F)c2)sc2cc(CC)ccc21. The highest BCUT2D eigenvalue weighted by Gasteiger charge is 2.10. The highest BCUT2D eigenvalue weighted by molar-refractivity contribution is 7.16. The van der Waals surface area contributed by atoms with Crippen molar-refractivity contribution in [2.24, 2.45) is 4.99 Å². The number of fused-ring (bicyclic) bond motifs is 1. The van der Waals surface area contributed by atoms with Crippen LogP contribution in [-0.4, -0.2) is 10.5 Å². The van der Waals surface area contributed by atoms with Crippen LogP contribution in [0.25, 0.3) is 10.2 Å². The molecule has 0 saturated heterocycles. The fraction of sp³-hybridized carbons (Fsp3) is 0.158. The molecular formula is C19H15FN2OS. The Bertz CT molecular complexity index is 1020. The van der Waals surface area contributed by atoms with Crippen LogP contribution in [0.15, 0.2) is 47.5 Å². The number of rotatable bonds is 3. The average Bonchev–Trinajstić information content (AvgIpc) is 2.91. The first-order valence-corrected chi connectivity index (χ1v) is 8.34. The van der Waals surface area contributed by atoms with Crippen LogP contribution in [0.3, 0.4) is 0 Å². The monoisotopic (exact) mass is 338 g/mol. The van der Waals surface area contributed by atoms with Crippen LogP contribution in [0.1, 0.15) is 22.8 Å². The number of aryl methyl sites for hydroxylation is 1. The predicted molar refractivity (Wildman–Crippen MR) is 94.3 cm³/mol. The lowest BCUT2D eigenvalue weighted by molar-refractivity contribution is 0.0997. The minimum Gasteiger partial charge on any atom is -0.305 e. The van der Waals surface area contributed by atoms with Gasteiger partial charge in [-0.05, 0) is 42.3 Å². The summed E-state index contributed by atoms with van der Waals surface area (Å²) in [5.74, 6) is 1.65.